The maximum absolute atomic E-state index is 12.8. The third-order valence-corrected chi connectivity index (χ3v) is 6.44. The number of nitrogens with one attached hydrogen (secondary N) is 2. The number of benzene rings is 2. The van der Waals surface area contributed by atoms with Crippen LogP contribution in [0.25, 0.3) is 10.9 Å². The van der Waals surface area contributed by atoms with Crippen molar-refractivity contribution in [2.75, 3.05) is 0 Å². The quantitative estimate of drug-likeness (QED) is 0.557. The molecule has 1 aromatic heterocycles. The molecule has 1 aliphatic carbocycles. The maximum atomic E-state index is 12.8. The lowest BCUT2D eigenvalue weighted by Gasteiger charge is -2.33. The highest BCUT2D eigenvalue weighted by Crippen LogP contribution is 2.26. The molecule has 2 N–H and O–H groups in total. The van der Waals surface area contributed by atoms with Gasteiger partial charge in [-0.15, -0.1) is 0 Å². The van der Waals surface area contributed by atoms with E-state index in [1.165, 1.54) is 18.4 Å². The van der Waals surface area contributed by atoms with Crippen molar-refractivity contribution in [1.82, 2.24) is 15.2 Å². The number of H-pyrrole nitrogens is 1. The van der Waals surface area contributed by atoms with Gasteiger partial charge in [-0.25, -0.2) is 0 Å². The molecule has 0 amide bonds. The number of aromatic nitrogens is 1. The number of fused-ring (bicyclic) bond motifs is 1. The second-order valence-corrected chi connectivity index (χ2v) is 8.75. The Balaban J connectivity index is 1.59. The van der Waals surface area contributed by atoms with Gasteiger partial charge in [0, 0.05) is 17.1 Å². The van der Waals surface area contributed by atoms with E-state index in [2.05, 4.69) is 46.4 Å². The average molecular weight is 420 g/mol. The molecule has 3 aromatic rings. The first kappa shape index (κ1) is 20.6. The lowest BCUT2D eigenvalue weighted by Crippen LogP contribution is -2.46. The molecule has 0 aliphatic heterocycles. The number of rotatable bonds is 5. The van der Waals surface area contributed by atoms with E-state index in [1.807, 2.05) is 37.3 Å². The summed E-state index contributed by atoms with van der Waals surface area (Å²) in [5.41, 5.74) is 3.95. The van der Waals surface area contributed by atoms with Crippen LogP contribution in [-0.4, -0.2) is 21.0 Å². The summed E-state index contributed by atoms with van der Waals surface area (Å²) in [5, 5.41) is 5.28. The van der Waals surface area contributed by atoms with Crippen LogP contribution >= 0.6 is 12.2 Å². The van der Waals surface area contributed by atoms with Gasteiger partial charge in [0.2, 0.25) is 0 Å². The Bertz CT molecular complexity index is 1090. The standard InChI is InChI=1S/C25H29N3OS/c1-17-12-13-20-15-21(24(29)27-23(20)14-17)16-28(22-10-6-7-11-22)25(30)26-18(2)19-8-4-3-5-9-19/h3-5,8-9,12-15,18,22H,6-7,10-11,16H2,1-2H3,(H,26,30)(H,27,29)/t18-/m0/s1. The summed E-state index contributed by atoms with van der Waals surface area (Å²) >= 11 is 5.85. The molecule has 4 rings (SSSR count). The van der Waals surface area contributed by atoms with Crippen molar-refractivity contribution in [3.8, 4) is 0 Å². The Morgan fingerprint density at radius 1 is 1.17 bits per heavy atom. The van der Waals surface area contributed by atoms with E-state index in [0.29, 0.717) is 12.6 Å². The van der Waals surface area contributed by atoms with Gasteiger partial charge in [0.05, 0.1) is 12.6 Å². The summed E-state index contributed by atoms with van der Waals surface area (Å²) in [6.07, 6.45) is 4.66. The van der Waals surface area contributed by atoms with E-state index in [-0.39, 0.29) is 11.6 Å². The number of aromatic amines is 1. The van der Waals surface area contributed by atoms with E-state index in [1.54, 1.807) is 0 Å². The van der Waals surface area contributed by atoms with E-state index in [0.717, 1.165) is 40.0 Å². The molecule has 0 radical (unpaired) electrons. The van der Waals surface area contributed by atoms with Crippen LogP contribution < -0.4 is 10.9 Å². The molecule has 1 fully saturated rings. The van der Waals surface area contributed by atoms with Crippen molar-refractivity contribution in [3.63, 3.8) is 0 Å². The monoisotopic (exact) mass is 419 g/mol. The Kier molecular flexibility index (Phi) is 6.18. The van der Waals surface area contributed by atoms with Crippen LogP contribution in [0.2, 0.25) is 0 Å². The van der Waals surface area contributed by atoms with Gasteiger partial charge in [-0.1, -0.05) is 55.3 Å². The van der Waals surface area contributed by atoms with Crippen molar-refractivity contribution < 1.29 is 0 Å². The normalized spacial score (nSPS) is 15.3. The molecule has 156 valence electrons. The van der Waals surface area contributed by atoms with Crippen LogP contribution in [0.4, 0.5) is 0 Å². The molecule has 0 unspecified atom stereocenters. The van der Waals surface area contributed by atoms with E-state index < -0.39 is 0 Å². The molecule has 1 atom stereocenters. The summed E-state index contributed by atoms with van der Waals surface area (Å²) in [6.45, 7) is 4.68. The summed E-state index contributed by atoms with van der Waals surface area (Å²) < 4.78 is 0. The SMILES string of the molecule is Cc1ccc2cc(CN(C(=S)N[C@@H](C)c3ccccc3)C3CCCC3)c(=O)[nH]c2c1. The van der Waals surface area contributed by atoms with Crippen molar-refractivity contribution in [2.24, 2.45) is 0 Å². The molecule has 1 aliphatic rings. The minimum atomic E-state index is -0.0324. The molecule has 4 nitrogen and oxygen atoms in total. The van der Waals surface area contributed by atoms with Crippen LogP contribution in [-0.2, 0) is 6.54 Å². The molecule has 2 aromatic carbocycles. The lowest BCUT2D eigenvalue weighted by molar-refractivity contribution is 0.300. The highest BCUT2D eigenvalue weighted by atomic mass is 32.1. The highest BCUT2D eigenvalue weighted by Gasteiger charge is 2.26. The smallest absolute Gasteiger partial charge is 0.253 e. The van der Waals surface area contributed by atoms with Crippen molar-refractivity contribution in [3.05, 3.63) is 81.6 Å². The van der Waals surface area contributed by atoms with Gasteiger partial charge in [0.15, 0.2) is 5.11 Å². The first-order valence-electron chi connectivity index (χ1n) is 10.8. The minimum Gasteiger partial charge on any atom is -0.356 e. The zero-order valence-corrected chi connectivity index (χ0v) is 18.5. The van der Waals surface area contributed by atoms with Gasteiger partial charge in [0.25, 0.3) is 5.56 Å². The lowest BCUT2D eigenvalue weighted by atomic mass is 10.1. The van der Waals surface area contributed by atoms with E-state index in [9.17, 15) is 4.79 Å². The maximum Gasteiger partial charge on any atom is 0.253 e. The van der Waals surface area contributed by atoms with Crippen LogP contribution in [0.3, 0.4) is 0 Å². The number of nitrogens with zero attached hydrogens (tertiary/aromatic N) is 1. The summed E-state index contributed by atoms with van der Waals surface area (Å²) in [4.78, 5) is 18.1. The Hall–Kier alpha value is -2.66. The van der Waals surface area contributed by atoms with Gasteiger partial charge in [-0.05, 0) is 67.6 Å². The molecule has 1 saturated carbocycles. The molecule has 0 spiro atoms. The molecule has 30 heavy (non-hydrogen) atoms. The Labute approximate surface area is 183 Å². The molecule has 1 heterocycles. The zero-order chi connectivity index (χ0) is 21.1. The second-order valence-electron chi connectivity index (χ2n) is 8.36. The first-order chi connectivity index (χ1) is 14.5. The number of thiocarbonyl (C=S) groups is 1. The number of pyridine rings is 1. The molecular formula is C25H29N3OS. The van der Waals surface area contributed by atoms with Crippen LogP contribution in [0.1, 0.15) is 55.3 Å². The fourth-order valence-electron chi connectivity index (χ4n) is 4.34. The molecular weight excluding hydrogens is 390 g/mol. The average Bonchev–Trinajstić information content (AvgIpc) is 3.27. The molecule has 0 bridgehead atoms. The van der Waals surface area contributed by atoms with Gasteiger partial charge >= 0.3 is 0 Å². The molecule has 5 heteroatoms. The van der Waals surface area contributed by atoms with Crippen LogP contribution in [0, 0.1) is 6.92 Å². The number of hydrogen-bond acceptors (Lipinski definition) is 2. The molecule has 0 saturated heterocycles. The van der Waals surface area contributed by atoms with Gasteiger partial charge in [-0.2, -0.15) is 0 Å². The summed E-state index contributed by atoms with van der Waals surface area (Å²) in [6, 6.07) is 19.0. The zero-order valence-electron chi connectivity index (χ0n) is 17.7. The van der Waals surface area contributed by atoms with Crippen molar-refractivity contribution in [1.29, 1.82) is 0 Å². The van der Waals surface area contributed by atoms with Gasteiger partial charge in [-0.3, -0.25) is 4.79 Å². The Morgan fingerprint density at radius 2 is 1.90 bits per heavy atom. The van der Waals surface area contributed by atoms with Gasteiger partial charge in [0.1, 0.15) is 0 Å². The largest absolute Gasteiger partial charge is 0.356 e. The fourth-order valence-corrected chi connectivity index (χ4v) is 4.73. The third-order valence-electron chi connectivity index (χ3n) is 6.08. The van der Waals surface area contributed by atoms with Crippen LogP contribution in [0.5, 0.6) is 0 Å². The highest BCUT2D eigenvalue weighted by molar-refractivity contribution is 7.80. The van der Waals surface area contributed by atoms with Crippen molar-refractivity contribution in [2.45, 2.75) is 58.2 Å². The number of hydrogen-bond donors (Lipinski definition) is 2. The topological polar surface area (TPSA) is 48.1 Å². The fraction of sp³-hybridized carbons (Fsp3) is 0.360. The van der Waals surface area contributed by atoms with E-state index in [4.69, 9.17) is 12.2 Å². The predicted molar refractivity (Wildman–Crippen MR) is 128 cm³/mol. The predicted octanol–water partition coefficient (Wildman–Crippen LogP) is 5.22. The summed E-state index contributed by atoms with van der Waals surface area (Å²) in [7, 11) is 0. The first-order valence-corrected chi connectivity index (χ1v) is 11.2. The van der Waals surface area contributed by atoms with E-state index >= 15 is 0 Å². The van der Waals surface area contributed by atoms with Crippen molar-refractivity contribution >= 4 is 28.2 Å². The number of aryl methyl sites for hydroxylation is 1. The van der Waals surface area contributed by atoms with Crippen LogP contribution in [0.15, 0.2) is 59.4 Å². The third kappa shape index (κ3) is 4.57. The Morgan fingerprint density at radius 3 is 2.63 bits per heavy atom. The summed E-state index contributed by atoms with van der Waals surface area (Å²) in [5.74, 6) is 0. The minimum absolute atomic E-state index is 0.0324. The second kappa shape index (κ2) is 9.00. The van der Waals surface area contributed by atoms with Gasteiger partial charge < -0.3 is 15.2 Å².